The van der Waals surface area contributed by atoms with Gasteiger partial charge in [0.25, 0.3) is 0 Å². The number of rotatable bonds is 2. The van der Waals surface area contributed by atoms with Crippen LogP contribution in [0.4, 0.5) is 4.79 Å². The standard InChI is InChI=1S/C26H25NO3/c1-29-24-10-5-18(6-11-24)2-3-19-4-7-21-15-22(9-8-20(21)14-19)23-12-13-26(16-23)17-30-25(28)27-26/h5-6,8-11,14-15,23H,4,7,12-13,16-17H2,1H3,(H,27,28)/t23-,26+/m0/s1. The van der Waals surface area contributed by atoms with E-state index < -0.39 is 0 Å². The number of cyclic esters (lactones) is 1. The number of methoxy groups -OCH3 is 1. The van der Waals surface area contributed by atoms with Gasteiger partial charge in [-0.3, -0.25) is 0 Å². The maximum Gasteiger partial charge on any atom is 0.407 e. The van der Waals surface area contributed by atoms with E-state index in [2.05, 4.69) is 41.4 Å². The lowest BCUT2D eigenvalue weighted by Crippen LogP contribution is -2.40. The second-order valence-corrected chi connectivity index (χ2v) is 8.53. The third-order valence-corrected chi connectivity index (χ3v) is 6.54. The average Bonchev–Trinajstić information content (AvgIpc) is 3.37. The Kier molecular flexibility index (Phi) is 4.75. The van der Waals surface area contributed by atoms with Gasteiger partial charge in [-0.1, -0.05) is 30.0 Å². The summed E-state index contributed by atoms with van der Waals surface area (Å²) in [6.07, 6.45) is 6.99. The monoisotopic (exact) mass is 399 g/mol. The molecule has 0 aromatic heterocycles. The molecule has 2 aromatic rings. The van der Waals surface area contributed by atoms with Crippen molar-refractivity contribution in [3.63, 3.8) is 0 Å². The third-order valence-electron chi connectivity index (χ3n) is 6.54. The fourth-order valence-corrected chi connectivity index (χ4v) is 4.84. The van der Waals surface area contributed by atoms with Gasteiger partial charge in [-0.05, 0) is 85.1 Å². The molecule has 2 aromatic carbocycles. The van der Waals surface area contributed by atoms with Crippen molar-refractivity contribution in [1.82, 2.24) is 5.32 Å². The maximum absolute atomic E-state index is 11.5. The summed E-state index contributed by atoms with van der Waals surface area (Å²) in [5.74, 6) is 7.93. The van der Waals surface area contributed by atoms with Gasteiger partial charge in [0, 0.05) is 11.1 Å². The van der Waals surface area contributed by atoms with Gasteiger partial charge in [0.2, 0.25) is 0 Å². The normalized spacial score (nSPS) is 24.4. The summed E-state index contributed by atoms with van der Waals surface area (Å²) in [4.78, 5) is 11.5. The molecule has 0 radical (unpaired) electrons. The van der Waals surface area contributed by atoms with Gasteiger partial charge in [0.05, 0.1) is 12.6 Å². The Balaban J connectivity index is 1.30. The number of carbonyl (C=O) groups is 1. The highest BCUT2D eigenvalue weighted by molar-refractivity contribution is 5.71. The molecule has 5 rings (SSSR count). The number of allylic oxidation sites excluding steroid dienone is 1. The first-order valence-electron chi connectivity index (χ1n) is 10.6. The molecule has 3 aliphatic rings. The highest BCUT2D eigenvalue weighted by atomic mass is 16.6. The van der Waals surface area contributed by atoms with Crippen molar-refractivity contribution in [2.24, 2.45) is 0 Å². The van der Waals surface area contributed by atoms with Crippen molar-refractivity contribution in [2.45, 2.75) is 43.6 Å². The van der Waals surface area contributed by atoms with Crippen LogP contribution in [0, 0.1) is 11.8 Å². The fourth-order valence-electron chi connectivity index (χ4n) is 4.84. The largest absolute Gasteiger partial charge is 0.497 e. The average molecular weight is 399 g/mol. The minimum absolute atomic E-state index is 0.151. The molecule has 4 heteroatoms. The van der Waals surface area contributed by atoms with Gasteiger partial charge in [-0.15, -0.1) is 0 Å². The number of amides is 1. The lowest BCUT2D eigenvalue weighted by molar-refractivity contribution is 0.172. The predicted octanol–water partition coefficient (Wildman–Crippen LogP) is 4.82. The van der Waals surface area contributed by atoms with Crippen LogP contribution in [0.3, 0.4) is 0 Å². The van der Waals surface area contributed by atoms with Crippen molar-refractivity contribution < 1.29 is 14.3 Å². The van der Waals surface area contributed by atoms with E-state index >= 15 is 0 Å². The number of benzene rings is 2. The van der Waals surface area contributed by atoms with E-state index in [1.165, 1.54) is 22.3 Å². The minimum atomic E-state index is -0.269. The molecular formula is C26H25NO3. The summed E-state index contributed by atoms with van der Waals surface area (Å²) < 4.78 is 10.4. The Hall–Kier alpha value is -3.19. The maximum atomic E-state index is 11.5. The molecule has 0 bridgehead atoms. The van der Waals surface area contributed by atoms with Crippen molar-refractivity contribution in [2.75, 3.05) is 13.7 Å². The SMILES string of the molecule is COc1ccc(C#CC2=Cc3ccc([C@H]4CC[C@]5(COC(=O)N5)C4)cc3CC2)cc1. The smallest absolute Gasteiger partial charge is 0.407 e. The number of hydrogen-bond donors (Lipinski definition) is 1. The zero-order valence-corrected chi connectivity index (χ0v) is 17.2. The van der Waals surface area contributed by atoms with Gasteiger partial charge in [0.1, 0.15) is 12.4 Å². The Morgan fingerprint density at radius 2 is 2.00 bits per heavy atom. The topological polar surface area (TPSA) is 47.6 Å². The van der Waals surface area contributed by atoms with Crippen LogP contribution in [-0.2, 0) is 11.2 Å². The van der Waals surface area contributed by atoms with Crippen LogP contribution >= 0.6 is 0 Å². The molecule has 1 heterocycles. The highest BCUT2D eigenvalue weighted by Gasteiger charge is 2.45. The van der Waals surface area contributed by atoms with E-state index in [4.69, 9.17) is 9.47 Å². The van der Waals surface area contributed by atoms with Gasteiger partial charge >= 0.3 is 6.09 Å². The summed E-state index contributed by atoms with van der Waals surface area (Å²) in [5.41, 5.74) is 6.08. The Bertz CT molecular complexity index is 1070. The molecule has 1 N–H and O–H groups in total. The number of alkyl carbamates (subject to hydrolysis) is 1. The molecular weight excluding hydrogens is 374 g/mol. The van der Waals surface area contributed by atoms with E-state index in [1.807, 2.05) is 24.3 Å². The van der Waals surface area contributed by atoms with E-state index in [-0.39, 0.29) is 11.6 Å². The first-order valence-corrected chi connectivity index (χ1v) is 10.6. The summed E-state index contributed by atoms with van der Waals surface area (Å²) >= 11 is 0. The van der Waals surface area contributed by atoms with Crippen molar-refractivity contribution >= 4 is 12.2 Å². The molecule has 152 valence electrons. The van der Waals surface area contributed by atoms with Gasteiger partial charge in [0.15, 0.2) is 0 Å². The lowest BCUT2D eigenvalue weighted by atomic mass is 9.87. The molecule has 2 atom stereocenters. The first-order chi connectivity index (χ1) is 14.6. The second kappa shape index (κ2) is 7.57. The molecule has 1 aliphatic heterocycles. The zero-order valence-electron chi connectivity index (χ0n) is 17.2. The molecule has 0 unspecified atom stereocenters. The van der Waals surface area contributed by atoms with E-state index in [9.17, 15) is 4.79 Å². The van der Waals surface area contributed by atoms with Crippen LogP contribution in [0.25, 0.3) is 6.08 Å². The second-order valence-electron chi connectivity index (χ2n) is 8.53. The number of carbonyl (C=O) groups excluding carboxylic acids is 1. The predicted molar refractivity (Wildman–Crippen MR) is 116 cm³/mol. The van der Waals surface area contributed by atoms with Crippen LogP contribution in [0.5, 0.6) is 5.75 Å². The molecule has 1 saturated heterocycles. The quantitative estimate of drug-likeness (QED) is 0.737. The number of fused-ring (bicyclic) bond motifs is 1. The van der Waals surface area contributed by atoms with Crippen LogP contribution in [0.2, 0.25) is 0 Å². The third kappa shape index (κ3) is 3.68. The first kappa shape index (κ1) is 18.8. The van der Waals surface area contributed by atoms with Crippen molar-refractivity contribution in [3.05, 3.63) is 70.3 Å². The van der Waals surface area contributed by atoms with Gasteiger partial charge in [-0.25, -0.2) is 4.79 Å². The lowest BCUT2D eigenvalue weighted by Gasteiger charge is -2.21. The molecule has 30 heavy (non-hydrogen) atoms. The summed E-state index contributed by atoms with van der Waals surface area (Å²) in [6, 6.07) is 14.7. The highest BCUT2D eigenvalue weighted by Crippen LogP contribution is 2.43. The zero-order chi connectivity index (χ0) is 20.6. The van der Waals surface area contributed by atoms with Gasteiger partial charge < -0.3 is 14.8 Å². The van der Waals surface area contributed by atoms with E-state index in [1.54, 1.807) is 7.11 Å². The minimum Gasteiger partial charge on any atom is -0.497 e. The number of nitrogens with one attached hydrogen (secondary N) is 1. The molecule has 1 saturated carbocycles. The Labute approximate surface area is 177 Å². The summed E-state index contributed by atoms with van der Waals surface area (Å²) in [6.45, 7) is 0.506. The van der Waals surface area contributed by atoms with Crippen molar-refractivity contribution in [1.29, 1.82) is 0 Å². The number of hydrogen-bond acceptors (Lipinski definition) is 3. The molecule has 2 fully saturated rings. The molecule has 1 amide bonds. The number of ether oxygens (including phenoxy) is 2. The van der Waals surface area contributed by atoms with Crippen LogP contribution < -0.4 is 10.1 Å². The Morgan fingerprint density at radius 1 is 1.13 bits per heavy atom. The Morgan fingerprint density at radius 3 is 2.77 bits per heavy atom. The molecule has 2 aliphatic carbocycles. The van der Waals surface area contributed by atoms with E-state index in [0.29, 0.717) is 12.5 Å². The molecule has 1 spiro atoms. The van der Waals surface area contributed by atoms with Crippen LogP contribution in [0.15, 0.2) is 48.0 Å². The van der Waals surface area contributed by atoms with E-state index in [0.717, 1.165) is 43.4 Å². The number of aryl methyl sites for hydroxylation is 1. The fraction of sp³-hybridized carbons (Fsp3) is 0.346. The summed E-state index contributed by atoms with van der Waals surface area (Å²) in [7, 11) is 1.67. The summed E-state index contributed by atoms with van der Waals surface area (Å²) in [5, 5.41) is 3.04. The van der Waals surface area contributed by atoms with Crippen LogP contribution in [-0.4, -0.2) is 25.3 Å². The van der Waals surface area contributed by atoms with Gasteiger partial charge in [-0.2, -0.15) is 0 Å². The molecule has 4 nitrogen and oxygen atoms in total. The van der Waals surface area contributed by atoms with Crippen molar-refractivity contribution in [3.8, 4) is 17.6 Å². The van der Waals surface area contributed by atoms with Crippen LogP contribution in [0.1, 0.15) is 53.9 Å².